The van der Waals surface area contributed by atoms with Gasteiger partial charge in [0.2, 0.25) is 0 Å². The third-order valence-electron chi connectivity index (χ3n) is 2.79. The number of nitrogens with zero attached hydrogens (tertiary/aromatic N) is 1. The van der Waals surface area contributed by atoms with Crippen LogP contribution >= 0.6 is 0 Å². The van der Waals surface area contributed by atoms with Crippen molar-refractivity contribution >= 4 is 5.82 Å². The molecule has 0 unspecified atom stereocenters. The first-order valence-corrected chi connectivity index (χ1v) is 6.07. The van der Waals surface area contributed by atoms with Gasteiger partial charge in [0.05, 0.1) is 5.69 Å². The second-order valence-electron chi connectivity index (χ2n) is 4.10. The van der Waals surface area contributed by atoms with E-state index in [0.717, 1.165) is 17.9 Å². The summed E-state index contributed by atoms with van der Waals surface area (Å²) in [4.78, 5) is 4.53. The summed E-state index contributed by atoms with van der Waals surface area (Å²) >= 11 is 0. The fraction of sp³-hybridized carbons (Fsp3) is 0.267. The highest BCUT2D eigenvalue weighted by Gasteiger charge is 2.00. The number of benzene rings is 1. The number of anilines is 1. The Kier molecular flexibility index (Phi) is 3.76. The van der Waals surface area contributed by atoms with Gasteiger partial charge in [-0.1, -0.05) is 43.7 Å². The maximum Gasteiger partial charge on any atom is 0.126 e. The van der Waals surface area contributed by atoms with Crippen LogP contribution < -0.4 is 5.32 Å². The minimum absolute atomic E-state index is 0.903. The maximum atomic E-state index is 4.53. The van der Waals surface area contributed by atoms with E-state index in [4.69, 9.17) is 0 Å². The molecule has 1 aromatic heterocycles. The Hall–Kier alpha value is -1.83. The molecule has 0 aliphatic carbocycles. The van der Waals surface area contributed by atoms with E-state index in [1.54, 1.807) is 0 Å². The van der Waals surface area contributed by atoms with Crippen LogP contribution in [0.15, 0.2) is 42.5 Å². The Balaban J connectivity index is 2.26. The summed E-state index contributed by atoms with van der Waals surface area (Å²) < 4.78 is 0. The number of rotatable bonds is 4. The molecule has 1 aromatic carbocycles. The number of hydrogen-bond donors (Lipinski definition) is 1. The third kappa shape index (κ3) is 2.84. The monoisotopic (exact) mass is 226 g/mol. The first-order valence-electron chi connectivity index (χ1n) is 6.07. The zero-order chi connectivity index (χ0) is 12.1. The van der Waals surface area contributed by atoms with Gasteiger partial charge in [-0.25, -0.2) is 4.98 Å². The summed E-state index contributed by atoms with van der Waals surface area (Å²) in [5.41, 5.74) is 3.57. The van der Waals surface area contributed by atoms with Crippen molar-refractivity contribution in [2.24, 2.45) is 0 Å². The quantitative estimate of drug-likeness (QED) is 0.859. The second kappa shape index (κ2) is 5.48. The van der Waals surface area contributed by atoms with Crippen molar-refractivity contribution in [3.8, 4) is 11.3 Å². The van der Waals surface area contributed by atoms with Crippen LogP contribution in [0.4, 0.5) is 5.82 Å². The topological polar surface area (TPSA) is 24.9 Å². The average Bonchev–Trinajstić information content (AvgIpc) is 2.40. The van der Waals surface area contributed by atoms with Crippen molar-refractivity contribution in [3.63, 3.8) is 0 Å². The lowest BCUT2D eigenvalue weighted by Crippen LogP contribution is -1.93. The largest absolute Gasteiger partial charge is 0.373 e. The Bertz CT molecular complexity index is 475. The van der Waals surface area contributed by atoms with E-state index in [0.29, 0.717) is 0 Å². The van der Waals surface area contributed by atoms with E-state index in [2.05, 4.69) is 41.5 Å². The molecule has 17 heavy (non-hydrogen) atoms. The van der Waals surface area contributed by atoms with E-state index >= 15 is 0 Å². The van der Waals surface area contributed by atoms with Crippen LogP contribution in [0.3, 0.4) is 0 Å². The van der Waals surface area contributed by atoms with Gasteiger partial charge >= 0.3 is 0 Å². The fourth-order valence-electron chi connectivity index (χ4n) is 1.87. The number of hydrogen-bond acceptors (Lipinski definition) is 2. The van der Waals surface area contributed by atoms with Crippen LogP contribution in [0.2, 0.25) is 0 Å². The summed E-state index contributed by atoms with van der Waals surface area (Å²) in [7, 11) is 1.89. The van der Waals surface area contributed by atoms with Crippen LogP contribution in [-0.2, 0) is 6.42 Å². The molecule has 0 spiro atoms. The molecular weight excluding hydrogens is 208 g/mol. The molecule has 1 N–H and O–H groups in total. The van der Waals surface area contributed by atoms with Gasteiger partial charge in [-0.05, 0) is 24.1 Å². The van der Waals surface area contributed by atoms with Crippen LogP contribution in [0, 0.1) is 0 Å². The van der Waals surface area contributed by atoms with Crippen molar-refractivity contribution in [2.45, 2.75) is 19.8 Å². The highest BCUT2D eigenvalue weighted by Crippen LogP contribution is 2.19. The summed E-state index contributed by atoms with van der Waals surface area (Å²) in [6.07, 6.45) is 2.33. The normalized spacial score (nSPS) is 10.2. The second-order valence-corrected chi connectivity index (χ2v) is 4.10. The number of nitrogens with one attached hydrogen (secondary N) is 1. The zero-order valence-electron chi connectivity index (χ0n) is 10.4. The molecule has 0 amide bonds. The Labute approximate surface area is 103 Å². The first kappa shape index (κ1) is 11.6. The molecule has 0 radical (unpaired) electrons. The molecule has 0 saturated heterocycles. The number of aromatic nitrogens is 1. The Morgan fingerprint density at radius 3 is 2.47 bits per heavy atom. The highest BCUT2D eigenvalue weighted by atomic mass is 15.0. The molecule has 0 saturated carbocycles. The standard InChI is InChI=1S/C15H18N2/c1-3-5-12-8-10-13(11-9-12)14-6-4-7-15(16-2)17-14/h4,6-11H,3,5H2,1-2H3,(H,16,17). The van der Waals surface area contributed by atoms with Crippen LogP contribution in [0.1, 0.15) is 18.9 Å². The molecular formula is C15H18N2. The van der Waals surface area contributed by atoms with Crippen LogP contribution in [0.5, 0.6) is 0 Å². The van der Waals surface area contributed by atoms with Crippen molar-refractivity contribution < 1.29 is 0 Å². The van der Waals surface area contributed by atoms with Crippen LogP contribution in [0.25, 0.3) is 11.3 Å². The summed E-state index contributed by atoms with van der Waals surface area (Å²) in [5, 5.41) is 3.06. The van der Waals surface area contributed by atoms with Gasteiger partial charge in [-0.15, -0.1) is 0 Å². The molecule has 88 valence electrons. The third-order valence-corrected chi connectivity index (χ3v) is 2.79. The van der Waals surface area contributed by atoms with Gasteiger partial charge < -0.3 is 5.32 Å². The van der Waals surface area contributed by atoms with Crippen molar-refractivity contribution in [2.75, 3.05) is 12.4 Å². The molecule has 2 nitrogen and oxygen atoms in total. The highest BCUT2D eigenvalue weighted by molar-refractivity contribution is 5.61. The van der Waals surface area contributed by atoms with E-state index in [-0.39, 0.29) is 0 Å². The minimum Gasteiger partial charge on any atom is -0.373 e. The van der Waals surface area contributed by atoms with Gasteiger partial charge in [-0.3, -0.25) is 0 Å². The van der Waals surface area contributed by atoms with Gasteiger partial charge in [-0.2, -0.15) is 0 Å². The van der Waals surface area contributed by atoms with Crippen LogP contribution in [-0.4, -0.2) is 12.0 Å². The van der Waals surface area contributed by atoms with Gasteiger partial charge in [0.15, 0.2) is 0 Å². The van der Waals surface area contributed by atoms with Gasteiger partial charge in [0, 0.05) is 12.6 Å². The molecule has 1 heterocycles. The Morgan fingerprint density at radius 2 is 1.82 bits per heavy atom. The van der Waals surface area contributed by atoms with E-state index < -0.39 is 0 Å². The molecule has 2 aromatic rings. The van der Waals surface area contributed by atoms with Gasteiger partial charge in [0.25, 0.3) is 0 Å². The minimum atomic E-state index is 0.903. The molecule has 2 rings (SSSR count). The molecule has 0 aliphatic heterocycles. The molecule has 0 aliphatic rings. The summed E-state index contributed by atoms with van der Waals surface area (Å²) in [6.45, 7) is 2.20. The maximum absolute atomic E-state index is 4.53. The predicted octanol–water partition coefficient (Wildman–Crippen LogP) is 3.74. The van der Waals surface area contributed by atoms with Crippen molar-refractivity contribution in [1.29, 1.82) is 0 Å². The molecule has 0 bridgehead atoms. The lowest BCUT2D eigenvalue weighted by atomic mass is 10.1. The fourth-order valence-corrected chi connectivity index (χ4v) is 1.87. The van der Waals surface area contributed by atoms with E-state index in [1.165, 1.54) is 17.5 Å². The summed E-state index contributed by atoms with van der Waals surface area (Å²) in [5.74, 6) is 0.903. The SMILES string of the molecule is CCCc1ccc(-c2cccc(NC)n2)cc1. The number of pyridine rings is 1. The number of aryl methyl sites for hydroxylation is 1. The lowest BCUT2D eigenvalue weighted by molar-refractivity contribution is 0.922. The lowest BCUT2D eigenvalue weighted by Gasteiger charge is -2.05. The smallest absolute Gasteiger partial charge is 0.126 e. The Morgan fingerprint density at radius 1 is 1.06 bits per heavy atom. The predicted molar refractivity (Wildman–Crippen MR) is 73.2 cm³/mol. The molecule has 0 fully saturated rings. The molecule has 0 atom stereocenters. The average molecular weight is 226 g/mol. The van der Waals surface area contributed by atoms with Crippen molar-refractivity contribution in [3.05, 3.63) is 48.0 Å². The zero-order valence-corrected chi connectivity index (χ0v) is 10.4. The summed E-state index contributed by atoms with van der Waals surface area (Å²) in [6, 6.07) is 14.7. The van der Waals surface area contributed by atoms with Crippen molar-refractivity contribution in [1.82, 2.24) is 4.98 Å². The van der Waals surface area contributed by atoms with E-state index in [1.807, 2.05) is 25.2 Å². The van der Waals surface area contributed by atoms with E-state index in [9.17, 15) is 0 Å². The first-order chi connectivity index (χ1) is 8.33. The molecule has 2 heteroatoms. The van der Waals surface area contributed by atoms with Gasteiger partial charge in [0.1, 0.15) is 5.82 Å².